The van der Waals surface area contributed by atoms with E-state index < -0.39 is 10.0 Å². The van der Waals surface area contributed by atoms with Crippen molar-refractivity contribution >= 4 is 21.6 Å². The van der Waals surface area contributed by atoms with Crippen molar-refractivity contribution in [2.75, 3.05) is 31.6 Å². The number of carbonyl (C=O) groups excluding carboxylic acids is 1. The van der Waals surface area contributed by atoms with Crippen LogP contribution in [0.1, 0.15) is 35.7 Å². The molecule has 0 atom stereocenters. The Hall–Kier alpha value is -2.22. The van der Waals surface area contributed by atoms with Crippen molar-refractivity contribution in [3.8, 4) is 0 Å². The molecule has 6 nitrogen and oxygen atoms in total. The average molecular weight is 388 g/mol. The molecule has 0 unspecified atom stereocenters. The second-order valence-electron chi connectivity index (χ2n) is 6.77. The summed E-state index contributed by atoms with van der Waals surface area (Å²) in [4.78, 5) is 12.6. The van der Waals surface area contributed by atoms with Gasteiger partial charge in [0.1, 0.15) is 0 Å². The summed E-state index contributed by atoms with van der Waals surface area (Å²) in [6, 6.07) is 13.7. The van der Waals surface area contributed by atoms with E-state index in [0.717, 1.165) is 0 Å². The number of carbonyl (C=O) groups is 1. The number of hydrogen-bond acceptors (Lipinski definition) is 4. The van der Waals surface area contributed by atoms with Crippen LogP contribution in [-0.2, 0) is 14.8 Å². The van der Waals surface area contributed by atoms with E-state index in [2.05, 4.69) is 19.2 Å². The molecule has 27 heavy (non-hydrogen) atoms. The zero-order chi connectivity index (χ0) is 19.4. The molecule has 7 heteroatoms. The molecule has 1 amide bonds. The van der Waals surface area contributed by atoms with Crippen molar-refractivity contribution < 1.29 is 17.9 Å². The monoisotopic (exact) mass is 388 g/mol. The van der Waals surface area contributed by atoms with Gasteiger partial charge in [0, 0.05) is 24.3 Å². The highest BCUT2D eigenvalue weighted by Crippen LogP contribution is 2.20. The second-order valence-corrected chi connectivity index (χ2v) is 8.71. The first-order valence-corrected chi connectivity index (χ1v) is 10.4. The summed E-state index contributed by atoms with van der Waals surface area (Å²) in [5.41, 5.74) is 2.31. The number of nitrogens with zero attached hydrogens (tertiary/aromatic N) is 1. The van der Waals surface area contributed by atoms with Gasteiger partial charge in [-0.3, -0.25) is 4.79 Å². The fourth-order valence-electron chi connectivity index (χ4n) is 2.87. The molecule has 0 aromatic heterocycles. The normalized spacial score (nSPS) is 15.7. The minimum Gasteiger partial charge on any atom is -0.379 e. The maximum Gasteiger partial charge on any atom is 0.255 e. The smallest absolute Gasteiger partial charge is 0.255 e. The van der Waals surface area contributed by atoms with Crippen LogP contribution in [0.15, 0.2) is 53.4 Å². The number of hydrogen-bond donors (Lipinski definition) is 1. The maximum atomic E-state index is 12.6. The highest BCUT2D eigenvalue weighted by molar-refractivity contribution is 7.89. The van der Waals surface area contributed by atoms with Gasteiger partial charge in [0.15, 0.2) is 0 Å². The minimum absolute atomic E-state index is 0.183. The molecular formula is C20H24N2O4S. The quantitative estimate of drug-likeness (QED) is 0.854. The molecule has 0 spiro atoms. The lowest BCUT2D eigenvalue weighted by molar-refractivity contribution is 0.0730. The zero-order valence-corrected chi connectivity index (χ0v) is 16.3. The summed E-state index contributed by atoms with van der Waals surface area (Å²) in [7, 11) is -3.55. The van der Waals surface area contributed by atoms with Gasteiger partial charge in [-0.2, -0.15) is 4.31 Å². The molecule has 144 valence electrons. The molecule has 1 heterocycles. The standard InChI is InChI=1S/C20H24N2O4S/c1-15(2)16-3-7-18(8-4-16)21-20(23)17-5-9-19(10-6-17)27(24,25)22-11-13-26-14-12-22/h3-10,15H,11-14H2,1-2H3,(H,21,23). The Morgan fingerprint density at radius 3 is 2.15 bits per heavy atom. The third-order valence-electron chi connectivity index (χ3n) is 4.56. The molecule has 1 N–H and O–H groups in total. The SMILES string of the molecule is CC(C)c1ccc(NC(=O)c2ccc(S(=O)(=O)N3CCOCC3)cc2)cc1. The predicted molar refractivity (Wildman–Crippen MR) is 105 cm³/mol. The molecule has 0 aliphatic carbocycles. The summed E-state index contributed by atoms with van der Waals surface area (Å²) in [6.07, 6.45) is 0. The minimum atomic E-state index is -3.55. The third-order valence-corrected chi connectivity index (χ3v) is 6.47. The van der Waals surface area contributed by atoms with Crippen LogP contribution in [0.2, 0.25) is 0 Å². The topological polar surface area (TPSA) is 75.7 Å². The molecule has 1 fully saturated rings. The van der Waals surface area contributed by atoms with E-state index in [0.29, 0.717) is 43.5 Å². The van der Waals surface area contributed by atoms with Crippen LogP contribution in [0, 0.1) is 0 Å². The van der Waals surface area contributed by atoms with Gasteiger partial charge in [-0.1, -0.05) is 26.0 Å². The molecule has 0 saturated carbocycles. The number of nitrogens with one attached hydrogen (secondary N) is 1. The molecule has 1 aliphatic rings. The van der Waals surface area contributed by atoms with Gasteiger partial charge >= 0.3 is 0 Å². The Bertz CT molecular complexity index is 885. The van der Waals surface area contributed by atoms with Crippen LogP contribution in [0.25, 0.3) is 0 Å². The Morgan fingerprint density at radius 1 is 1.00 bits per heavy atom. The lowest BCUT2D eigenvalue weighted by Gasteiger charge is -2.26. The van der Waals surface area contributed by atoms with Crippen molar-refractivity contribution in [1.29, 1.82) is 0 Å². The molecule has 1 aliphatic heterocycles. The van der Waals surface area contributed by atoms with Crippen LogP contribution < -0.4 is 5.32 Å². The number of ether oxygens (including phenoxy) is 1. The largest absolute Gasteiger partial charge is 0.379 e. The van der Waals surface area contributed by atoms with Crippen molar-refractivity contribution in [3.05, 3.63) is 59.7 Å². The van der Waals surface area contributed by atoms with Crippen LogP contribution >= 0.6 is 0 Å². The fourth-order valence-corrected chi connectivity index (χ4v) is 4.28. The Balaban J connectivity index is 1.70. The van der Waals surface area contributed by atoms with E-state index in [1.165, 1.54) is 34.1 Å². The van der Waals surface area contributed by atoms with Crippen molar-refractivity contribution in [1.82, 2.24) is 4.31 Å². The van der Waals surface area contributed by atoms with Crippen LogP contribution in [0.5, 0.6) is 0 Å². The van der Waals surface area contributed by atoms with E-state index in [-0.39, 0.29) is 10.8 Å². The number of morpholine rings is 1. The summed E-state index contributed by atoms with van der Waals surface area (Å²) in [6.45, 7) is 5.71. The number of sulfonamides is 1. The van der Waals surface area contributed by atoms with Crippen LogP contribution in [-0.4, -0.2) is 44.9 Å². The Morgan fingerprint density at radius 2 is 1.59 bits per heavy atom. The lowest BCUT2D eigenvalue weighted by Crippen LogP contribution is -2.40. The van der Waals surface area contributed by atoms with E-state index in [1.54, 1.807) is 0 Å². The third kappa shape index (κ3) is 4.55. The van der Waals surface area contributed by atoms with E-state index >= 15 is 0 Å². The molecule has 1 saturated heterocycles. The van der Waals surface area contributed by atoms with Gasteiger partial charge in [0.05, 0.1) is 18.1 Å². The Labute approximate surface area is 160 Å². The fraction of sp³-hybridized carbons (Fsp3) is 0.350. The van der Waals surface area contributed by atoms with Gasteiger partial charge in [-0.25, -0.2) is 8.42 Å². The van der Waals surface area contributed by atoms with Crippen LogP contribution in [0.4, 0.5) is 5.69 Å². The zero-order valence-electron chi connectivity index (χ0n) is 15.5. The summed E-state index contributed by atoms with van der Waals surface area (Å²) < 4.78 is 31.8. The van der Waals surface area contributed by atoms with Crippen molar-refractivity contribution in [2.24, 2.45) is 0 Å². The van der Waals surface area contributed by atoms with Gasteiger partial charge in [-0.15, -0.1) is 0 Å². The van der Waals surface area contributed by atoms with E-state index in [9.17, 15) is 13.2 Å². The Kier molecular flexibility index (Phi) is 5.94. The van der Waals surface area contributed by atoms with E-state index in [1.807, 2.05) is 24.3 Å². The first-order valence-electron chi connectivity index (χ1n) is 8.97. The van der Waals surface area contributed by atoms with Crippen molar-refractivity contribution in [3.63, 3.8) is 0 Å². The maximum absolute atomic E-state index is 12.6. The molecule has 2 aromatic rings. The first-order chi connectivity index (χ1) is 12.9. The molecule has 0 bridgehead atoms. The van der Waals surface area contributed by atoms with E-state index in [4.69, 9.17) is 4.74 Å². The van der Waals surface area contributed by atoms with Gasteiger partial charge in [-0.05, 0) is 47.9 Å². The molecule has 3 rings (SSSR count). The first kappa shape index (κ1) is 19.5. The number of benzene rings is 2. The van der Waals surface area contributed by atoms with Crippen LogP contribution in [0.3, 0.4) is 0 Å². The van der Waals surface area contributed by atoms with Gasteiger partial charge in [0.25, 0.3) is 5.91 Å². The summed E-state index contributed by atoms with van der Waals surface area (Å²) in [5.74, 6) is 0.151. The van der Waals surface area contributed by atoms with Gasteiger partial charge in [0.2, 0.25) is 10.0 Å². The van der Waals surface area contributed by atoms with Crippen molar-refractivity contribution in [2.45, 2.75) is 24.7 Å². The molecular weight excluding hydrogens is 364 g/mol. The number of anilines is 1. The molecule has 2 aromatic carbocycles. The predicted octanol–water partition coefficient (Wildman–Crippen LogP) is 3.08. The number of amides is 1. The van der Waals surface area contributed by atoms with Gasteiger partial charge < -0.3 is 10.1 Å². The summed E-state index contributed by atoms with van der Waals surface area (Å²) >= 11 is 0. The highest BCUT2D eigenvalue weighted by atomic mass is 32.2. The highest BCUT2D eigenvalue weighted by Gasteiger charge is 2.26. The summed E-state index contributed by atoms with van der Waals surface area (Å²) in [5, 5.41) is 2.83. The molecule has 0 radical (unpaired) electrons. The average Bonchev–Trinajstić information content (AvgIpc) is 2.69. The lowest BCUT2D eigenvalue weighted by atomic mass is 10.0. The second kappa shape index (κ2) is 8.21. The number of rotatable bonds is 5.